The van der Waals surface area contributed by atoms with Crippen LogP contribution in [0.3, 0.4) is 0 Å². The molecule has 1 fully saturated rings. The topological polar surface area (TPSA) is 216 Å². The summed E-state index contributed by atoms with van der Waals surface area (Å²) < 4.78 is 19.3. The van der Waals surface area contributed by atoms with Crippen molar-refractivity contribution in [3.05, 3.63) is 116 Å². The Balaban J connectivity index is 0.725. The number of nitrogens with zero attached hydrogens (tertiary/aromatic N) is 5. The molecule has 344 valence electrons. The molecule has 19 heteroatoms. The summed E-state index contributed by atoms with van der Waals surface area (Å²) >= 11 is 7.89. The van der Waals surface area contributed by atoms with Gasteiger partial charge in [-0.1, -0.05) is 35.9 Å². The molecule has 0 aliphatic carbocycles. The Labute approximate surface area is 389 Å². The van der Waals surface area contributed by atoms with E-state index >= 15 is 0 Å². The number of anilines is 1. The molecule has 3 aliphatic heterocycles. The van der Waals surface area contributed by atoms with Crippen LogP contribution >= 0.6 is 22.9 Å². The highest BCUT2D eigenvalue weighted by Crippen LogP contribution is 2.41. The number of imide groups is 1. The average molecular weight is 937 g/mol. The van der Waals surface area contributed by atoms with E-state index in [1.807, 2.05) is 35.8 Å². The first-order valence-electron chi connectivity index (χ1n) is 21.7. The van der Waals surface area contributed by atoms with Crippen molar-refractivity contribution in [2.45, 2.75) is 77.6 Å². The van der Waals surface area contributed by atoms with Crippen LogP contribution in [0.15, 0.2) is 71.7 Å². The molecule has 0 spiro atoms. The Morgan fingerprint density at radius 1 is 0.909 bits per heavy atom. The summed E-state index contributed by atoms with van der Waals surface area (Å²) in [5.74, 6) is -0.190. The lowest BCUT2D eigenvalue weighted by atomic mass is 9.99. The fourth-order valence-electron chi connectivity index (χ4n) is 8.12. The number of amides is 5. The fraction of sp³-hybridized carbons (Fsp3) is 0.362. The molecule has 3 aromatic carbocycles. The number of ether oxygens (including phenoxy) is 3. The van der Waals surface area contributed by atoms with Crippen molar-refractivity contribution in [3.63, 3.8) is 0 Å². The van der Waals surface area contributed by atoms with Gasteiger partial charge in [-0.2, -0.15) is 0 Å². The molecule has 1 saturated heterocycles. The number of piperidine rings is 1. The number of carbonyl (C=O) groups excluding carboxylic acids is 5. The number of unbranched alkanes of at least 4 members (excludes halogenated alkanes) is 1. The van der Waals surface area contributed by atoms with E-state index in [0.717, 1.165) is 44.5 Å². The van der Waals surface area contributed by atoms with E-state index in [1.165, 1.54) is 10.9 Å². The van der Waals surface area contributed by atoms with E-state index in [2.05, 4.69) is 40.0 Å². The maximum absolute atomic E-state index is 13.5. The van der Waals surface area contributed by atoms with Crippen LogP contribution in [0, 0.1) is 20.8 Å². The van der Waals surface area contributed by atoms with Gasteiger partial charge in [0.05, 0.1) is 24.3 Å². The number of carbonyl (C=O) groups is 5. The fourth-order valence-corrected chi connectivity index (χ4v) is 9.46. The zero-order valence-electron chi connectivity index (χ0n) is 36.6. The van der Waals surface area contributed by atoms with Crippen molar-refractivity contribution in [3.8, 4) is 16.5 Å². The average Bonchev–Trinajstić information content (AvgIpc) is 3.88. The summed E-state index contributed by atoms with van der Waals surface area (Å²) in [6, 6.07) is 17.8. The lowest BCUT2D eigenvalue weighted by Gasteiger charge is -2.31. The Morgan fingerprint density at radius 3 is 2.45 bits per heavy atom. The number of aliphatic imine (C=N–C) groups is 1. The standard InChI is InChI=1S/C47H49ClN8O9S/c1-26-27(2)66-47-40(26)42(29-10-12-30(48)13-11-29)51-34(43-54-53-28(3)55(43)47)24-38(58)50-31-14-16-32(17-15-31)64-23-7-22-63-21-5-4-20-49-39(59)25-65-36-9-6-8-33-41(36)46(62)56(45(33)61)35-18-19-37(57)52-44(35)60/h6,8-17,34-35,45,61H,4-5,7,18-25H2,1-3H3,(H,49,59)(H,50,58)(H,52,57,60)/t34-,35?,45?/m0/s1. The molecule has 2 unspecified atom stereocenters. The van der Waals surface area contributed by atoms with Gasteiger partial charge in [-0.3, -0.25) is 43.7 Å². The van der Waals surface area contributed by atoms with E-state index in [9.17, 15) is 29.1 Å². The number of aromatic nitrogens is 3. The third kappa shape index (κ3) is 10.0. The predicted octanol–water partition coefficient (Wildman–Crippen LogP) is 5.84. The maximum Gasteiger partial charge on any atom is 0.261 e. The number of fused-ring (bicyclic) bond motifs is 4. The molecule has 2 aromatic heterocycles. The summed E-state index contributed by atoms with van der Waals surface area (Å²) in [5, 5.41) is 29.3. The van der Waals surface area contributed by atoms with Gasteiger partial charge in [-0.05, 0) is 88.1 Å². The number of aliphatic hydroxyl groups excluding tert-OH is 1. The van der Waals surface area contributed by atoms with Crippen molar-refractivity contribution >= 4 is 63.9 Å². The van der Waals surface area contributed by atoms with Gasteiger partial charge >= 0.3 is 0 Å². The summed E-state index contributed by atoms with van der Waals surface area (Å²) in [6.07, 6.45) is 0.863. The molecule has 5 aromatic rings. The maximum atomic E-state index is 13.5. The first-order chi connectivity index (χ1) is 31.9. The van der Waals surface area contributed by atoms with Crippen molar-refractivity contribution in [2.24, 2.45) is 4.99 Å². The minimum Gasteiger partial charge on any atom is -0.494 e. The Bertz CT molecular complexity index is 2680. The Hall–Kier alpha value is -6.47. The molecule has 3 aliphatic rings. The lowest BCUT2D eigenvalue weighted by Crippen LogP contribution is -2.53. The van der Waals surface area contributed by atoms with Gasteiger partial charge in [-0.25, -0.2) is 0 Å². The van der Waals surface area contributed by atoms with Gasteiger partial charge in [0.15, 0.2) is 18.7 Å². The highest BCUT2D eigenvalue weighted by Gasteiger charge is 2.46. The van der Waals surface area contributed by atoms with E-state index in [4.69, 9.17) is 30.8 Å². The van der Waals surface area contributed by atoms with Crippen LogP contribution < -0.4 is 25.4 Å². The second-order valence-electron chi connectivity index (χ2n) is 16.1. The SMILES string of the molecule is Cc1sc2c(c1C)C(c1ccc(Cl)cc1)=N[C@@H](CC(=O)Nc1ccc(OCCCOCCCCNC(=O)COc3cccc4c3C(=O)N(C3CCC(=O)NC3=O)C4O)cc1)c1nnc(C)n1-2. The van der Waals surface area contributed by atoms with E-state index < -0.39 is 36.0 Å². The number of benzene rings is 3. The molecular weight excluding hydrogens is 888 g/mol. The largest absolute Gasteiger partial charge is 0.494 e. The molecule has 4 N–H and O–H groups in total. The molecule has 0 saturated carbocycles. The molecular formula is C47H49ClN8O9S. The highest BCUT2D eigenvalue weighted by molar-refractivity contribution is 7.15. The van der Waals surface area contributed by atoms with Gasteiger partial charge in [0.1, 0.15) is 34.4 Å². The molecule has 5 amide bonds. The molecule has 66 heavy (non-hydrogen) atoms. The third-order valence-electron chi connectivity index (χ3n) is 11.6. The molecule has 17 nitrogen and oxygen atoms in total. The van der Waals surface area contributed by atoms with Crippen LogP contribution in [0.1, 0.15) is 99.9 Å². The van der Waals surface area contributed by atoms with Gasteiger partial charge in [0.2, 0.25) is 17.7 Å². The molecule has 8 rings (SSSR count). The molecule has 3 atom stereocenters. The predicted molar refractivity (Wildman–Crippen MR) is 245 cm³/mol. The van der Waals surface area contributed by atoms with Crippen molar-refractivity contribution in [2.75, 3.05) is 38.3 Å². The van der Waals surface area contributed by atoms with Crippen LogP contribution in [0.25, 0.3) is 5.00 Å². The van der Waals surface area contributed by atoms with Crippen LogP contribution in [-0.2, 0) is 23.9 Å². The van der Waals surface area contributed by atoms with Crippen molar-refractivity contribution in [1.82, 2.24) is 30.3 Å². The lowest BCUT2D eigenvalue weighted by molar-refractivity contribution is -0.139. The second-order valence-corrected chi connectivity index (χ2v) is 17.8. The van der Waals surface area contributed by atoms with E-state index in [1.54, 1.807) is 47.7 Å². The van der Waals surface area contributed by atoms with Crippen molar-refractivity contribution < 1.29 is 43.3 Å². The Morgan fingerprint density at radius 2 is 1.68 bits per heavy atom. The van der Waals surface area contributed by atoms with E-state index in [-0.39, 0.29) is 54.6 Å². The summed E-state index contributed by atoms with van der Waals surface area (Å²) in [6.45, 7) is 7.56. The summed E-state index contributed by atoms with van der Waals surface area (Å²) in [5.41, 5.74) is 4.76. The molecule has 5 heterocycles. The minimum atomic E-state index is -1.39. The molecule has 0 bridgehead atoms. The zero-order chi connectivity index (χ0) is 46.5. The third-order valence-corrected chi connectivity index (χ3v) is 13.0. The normalized spacial score (nSPS) is 17.6. The number of hydrogen-bond donors (Lipinski definition) is 4. The van der Waals surface area contributed by atoms with Gasteiger partial charge < -0.3 is 30.0 Å². The number of halogens is 1. The van der Waals surface area contributed by atoms with Crippen molar-refractivity contribution in [1.29, 1.82) is 0 Å². The summed E-state index contributed by atoms with van der Waals surface area (Å²) in [7, 11) is 0. The highest BCUT2D eigenvalue weighted by atomic mass is 35.5. The minimum absolute atomic E-state index is 0.0502. The smallest absolute Gasteiger partial charge is 0.261 e. The van der Waals surface area contributed by atoms with Crippen LogP contribution in [-0.4, -0.2) is 99.0 Å². The monoisotopic (exact) mass is 936 g/mol. The Kier molecular flexibility index (Phi) is 14.2. The molecule has 0 radical (unpaired) electrons. The number of aryl methyl sites for hydroxylation is 2. The van der Waals surface area contributed by atoms with Gasteiger partial charge in [0, 0.05) is 64.9 Å². The van der Waals surface area contributed by atoms with Crippen LogP contribution in [0.2, 0.25) is 5.02 Å². The first kappa shape index (κ1) is 46.1. The number of aliphatic hydroxyl groups is 1. The summed E-state index contributed by atoms with van der Waals surface area (Å²) in [4.78, 5) is 70.7. The number of thiophene rings is 1. The second kappa shape index (κ2) is 20.4. The quantitative estimate of drug-likeness (QED) is 0.0605. The number of rotatable bonds is 18. The number of nitrogens with one attached hydrogen (secondary N) is 3. The van der Waals surface area contributed by atoms with Crippen LogP contribution in [0.4, 0.5) is 5.69 Å². The van der Waals surface area contributed by atoms with Gasteiger partial charge in [-0.15, -0.1) is 21.5 Å². The first-order valence-corrected chi connectivity index (χ1v) is 22.9. The van der Waals surface area contributed by atoms with E-state index in [0.29, 0.717) is 61.5 Å². The van der Waals surface area contributed by atoms with Crippen LogP contribution in [0.5, 0.6) is 11.5 Å². The number of hydrogen-bond acceptors (Lipinski definition) is 13. The van der Waals surface area contributed by atoms with Gasteiger partial charge in [0.25, 0.3) is 11.8 Å². The zero-order valence-corrected chi connectivity index (χ0v) is 38.2.